The Kier molecular flexibility index (Phi) is 9.30. The summed E-state index contributed by atoms with van der Waals surface area (Å²) >= 11 is 1.45. The molecule has 0 bridgehead atoms. The molecule has 0 aliphatic heterocycles. The molecule has 7 nitrogen and oxygen atoms in total. The number of hydrogen-bond acceptors (Lipinski definition) is 5. The summed E-state index contributed by atoms with van der Waals surface area (Å²) in [6.45, 7) is 2.32. The molecule has 1 N–H and O–H groups in total. The van der Waals surface area contributed by atoms with E-state index in [2.05, 4.69) is 5.32 Å². The fourth-order valence-electron chi connectivity index (χ4n) is 4.12. The van der Waals surface area contributed by atoms with Crippen LogP contribution in [0.3, 0.4) is 0 Å². The van der Waals surface area contributed by atoms with Gasteiger partial charge in [-0.3, -0.25) is 19.7 Å². The van der Waals surface area contributed by atoms with Crippen molar-refractivity contribution in [2.45, 2.75) is 63.4 Å². The Morgan fingerprint density at radius 2 is 1.76 bits per heavy atom. The topological polar surface area (TPSA) is 92.6 Å². The highest BCUT2D eigenvalue weighted by molar-refractivity contribution is 7.99. The highest BCUT2D eigenvalue weighted by Crippen LogP contribution is 2.21. The number of hydrogen-bond donors (Lipinski definition) is 1. The van der Waals surface area contributed by atoms with Crippen LogP contribution in [0.1, 0.15) is 50.2 Å². The molecule has 176 valence electrons. The Bertz CT molecular complexity index is 930. The van der Waals surface area contributed by atoms with Crippen LogP contribution in [0.2, 0.25) is 0 Å². The summed E-state index contributed by atoms with van der Waals surface area (Å²) in [6, 6.07) is 15.8. The summed E-state index contributed by atoms with van der Waals surface area (Å²) in [7, 11) is 0. The number of carbonyl (C=O) groups is 2. The van der Waals surface area contributed by atoms with Crippen molar-refractivity contribution in [3.05, 3.63) is 75.8 Å². The lowest BCUT2D eigenvalue weighted by Crippen LogP contribution is -2.51. The van der Waals surface area contributed by atoms with E-state index in [0.717, 1.165) is 36.8 Å². The molecule has 0 spiro atoms. The molecule has 2 amide bonds. The van der Waals surface area contributed by atoms with Crippen molar-refractivity contribution in [2.75, 3.05) is 5.75 Å². The zero-order valence-electron chi connectivity index (χ0n) is 18.9. The van der Waals surface area contributed by atoms with Crippen LogP contribution in [0, 0.1) is 10.1 Å². The minimum atomic E-state index is -0.515. The van der Waals surface area contributed by atoms with Crippen molar-refractivity contribution >= 4 is 29.3 Å². The first-order valence-electron chi connectivity index (χ1n) is 11.4. The Morgan fingerprint density at radius 1 is 1.09 bits per heavy atom. The smallest absolute Gasteiger partial charge is 0.269 e. The van der Waals surface area contributed by atoms with Crippen molar-refractivity contribution in [3.8, 4) is 0 Å². The number of amides is 2. The predicted molar refractivity (Wildman–Crippen MR) is 131 cm³/mol. The maximum atomic E-state index is 13.3. The first-order valence-corrected chi connectivity index (χ1v) is 12.6. The van der Waals surface area contributed by atoms with Crippen molar-refractivity contribution in [3.63, 3.8) is 0 Å². The molecule has 0 unspecified atom stereocenters. The SMILES string of the molecule is CC[C@H](C(=O)NC1CCCC1)N(Cc1ccccc1)C(=O)CSCc1ccc([N+](=O)[O-])cc1. The van der Waals surface area contributed by atoms with Gasteiger partial charge >= 0.3 is 0 Å². The van der Waals surface area contributed by atoms with Gasteiger partial charge in [0.1, 0.15) is 6.04 Å². The molecule has 1 fully saturated rings. The maximum Gasteiger partial charge on any atom is 0.269 e. The lowest BCUT2D eigenvalue weighted by molar-refractivity contribution is -0.384. The zero-order valence-corrected chi connectivity index (χ0v) is 19.8. The summed E-state index contributed by atoms with van der Waals surface area (Å²) < 4.78 is 0. The van der Waals surface area contributed by atoms with Gasteiger partial charge in [-0.2, -0.15) is 0 Å². The van der Waals surface area contributed by atoms with Crippen LogP contribution >= 0.6 is 11.8 Å². The van der Waals surface area contributed by atoms with Gasteiger partial charge in [0, 0.05) is 30.5 Å². The van der Waals surface area contributed by atoms with Crippen LogP contribution in [0.4, 0.5) is 5.69 Å². The van der Waals surface area contributed by atoms with Gasteiger partial charge in [-0.1, -0.05) is 62.2 Å². The molecule has 8 heteroatoms. The van der Waals surface area contributed by atoms with Gasteiger partial charge in [-0.15, -0.1) is 11.8 Å². The second-order valence-electron chi connectivity index (χ2n) is 8.34. The molecule has 2 aromatic rings. The second kappa shape index (κ2) is 12.4. The molecule has 33 heavy (non-hydrogen) atoms. The molecule has 0 heterocycles. The van der Waals surface area contributed by atoms with Crippen molar-refractivity contribution in [1.82, 2.24) is 10.2 Å². The highest BCUT2D eigenvalue weighted by Gasteiger charge is 2.30. The summed E-state index contributed by atoms with van der Waals surface area (Å²) in [5, 5.41) is 14.0. The molecular formula is C25H31N3O4S. The third-order valence-corrected chi connectivity index (χ3v) is 6.91. The summed E-state index contributed by atoms with van der Waals surface area (Å²) in [6.07, 6.45) is 4.81. The van der Waals surface area contributed by atoms with Crippen molar-refractivity contribution in [1.29, 1.82) is 0 Å². The van der Waals surface area contributed by atoms with Gasteiger partial charge in [-0.05, 0) is 30.4 Å². The molecule has 0 aromatic heterocycles. The van der Waals surface area contributed by atoms with Gasteiger partial charge in [0.05, 0.1) is 10.7 Å². The van der Waals surface area contributed by atoms with E-state index < -0.39 is 11.0 Å². The number of nitro benzene ring substituents is 1. The first-order chi connectivity index (χ1) is 16.0. The molecule has 1 aliphatic carbocycles. The minimum absolute atomic E-state index is 0.0490. The van der Waals surface area contributed by atoms with Crippen molar-refractivity contribution in [2.24, 2.45) is 0 Å². The molecule has 2 aromatic carbocycles. The van der Waals surface area contributed by atoms with Gasteiger partial charge in [-0.25, -0.2) is 0 Å². The van der Waals surface area contributed by atoms with E-state index in [1.54, 1.807) is 17.0 Å². The predicted octanol–water partition coefficient (Wildman–Crippen LogP) is 4.69. The number of nitrogens with zero attached hydrogens (tertiary/aromatic N) is 2. The Labute approximate surface area is 199 Å². The van der Waals surface area contributed by atoms with Gasteiger partial charge in [0.15, 0.2) is 0 Å². The lowest BCUT2D eigenvalue weighted by Gasteiger charge is -2.31. The lowest BCUT2D eigenvalue weighted by atomic mass is 10.1. The van der Waals surface area contributed by atoms with Crippen LogP contribution in [-0.2, 0) is 21.9 Å². The van der Waals surface area contributed by atoms with E-state index in [9.17, 15) is 19.7 Å². The minimum Gasteiger partial charge on any atom is -0.352 e. The molecule has 1 aliphatic rings. The summed E-state index contributed by atoms with van der Waals surface area (Å²) in [5.41, 5.74) is 1.95. The first kappa shape index (κ1) is 24.8. The van der Waals surface area contributed by atoms with Crippen LogP contribution in [0.25, 0.3) is 0 Å². The van der Waals surface area contributed by atoms with Crippen LogP contribution < -0.4 is 5.32 Å². The largest absolute Gasteiger partial charge is 0.352 e. The van der Waals surface area contributed by atoms with Gasteiger partial charge in [0.2, 0.25) is 11.8 Å². The van der Waals surface area contributed by atoms with E-state index in [0.29, 0.717) is 18.7 Å². The Morgan fingerprint density at radius 3 is 2.36 bits per heavy atom. The van der Waals surface area contributed by atoms with Crippen LogP contribution in [-0.4, -0.2) is 39.5 Å². The fourth-order valence-corrected chi connectivity index (χ4v) is 4.99. The molecular weight excluding hydrogens is 438 g/mol. The van der Waals surface area contributed by atoms with E-state index >= 15 is 0 Å². The standard InChI is InChI=1S/C25H31N3O4S/c1-2-23(25(30)26-21-10-6-7-11-21)27(16-19-8-4-3-5-9-19)24(29)18-33-17-20-12-14-22(15-13-20)28(31)32/h3-5,8-9,12-15,21,23H,2,6-7,10-11,16-18H2,1H3,(H,26,30)/t23-/m1/s1. The molecule has 0 saturated heterocycles. The Balaban J connectivity index is 1.65. The number of rotatable bonds is 11. The second-order valence-corrected chi connectivity index (χ2v) is 9.32. The third kappa shape index (κ3) is 7.32. The monoisotopic (exact) mass is 469 g/mol. The fraction of sp³-hybridized carbons (Fsp3) is 0.440. The maximum absolute atomic E-state index is 13.3. The van der Waals surface area contributed by atoms with Crippen LogP contribution in [0.5, 0.6) is 0 Å². The molecule has 3 rings (SSSR count). The average Bonchev–Trinajstić information content (AvgIpc) is 3.33. The van der Waals surface area contributed by atoms with Crippen molar-refractivity contribution < 1.29 is 14.5 Å². The molecule has 1 saturated carbocycles. The number of thioether (sulfide) groups is 1. The normalized spacial score (nSPS) is 14.6. The molecule has 1 atom stereocenters. The summed E-state index contributed by atoms with van der Waals surface area (Å²) in [4.78, 5) is 38.4. The molecule has 0 radical (unpaired) electrons. The van der Waals surface area contributed by atoms with Crippen LogP contribution in [0.15, 0.2) is 54.6 Å². The summed E-state index contributed by atoms with van der Waals surface area (Å²) in [5.74, 6) is 0.638. The number of benzene rings is 2. The van der Waals surface area contributed by atoms with E-state index in [1.165, 1.54) is 23.9 Å². The Hall–Kier alpha value is -2.87. The van der Waals surface area contributed by atoms with E-state index in [4.69, 9.17) is 0 Å². The highest BCUT2D eigenvalue weighted by atomic mass is 32.2. The number of non-ortho nitro benzene ring substituents is 1. The third-order valence-electron chi connectivity index (χ3n) is 5.92. The zero-order chi connectivity index (χ0) is 23.6. The quantitative estimate of drug-likeness (QED) is 0.381. The number of nitrogens with one attached hydrogen (secondary N) is 1. The number of nitro groups is 1. The van der Waals surface area contributed by atoms with Gasteiger partial charge in [0.25, 0.3) is 5.69 Å². The average molecular weight is 470 g/mol. The van der Waals surface area contributed by atoms with E-state index in [1.807, 2.05) is 37.3 Å². The van der Waals surface area contributed by atoms with E-state index in [-0.39, 0.29) is 29.3 Å². The van der Waals surface area contributed by atoms with Gasteiger partial charge < -0.3 is 10.2 Å². The number of carbonyl (C=O) groups excluding carboxylic acids is 2.